The van der Waals surface area contributed by atoms with Crippen LogP contribution in [0.3, 0.4) is 0 Å². The standard InChI is InChI=1S/C16H19FOS/c1-2-14(18)16-13(9-12-7-8-15(16)19-12)10-3-5-11(17)6-4-10/h3-6,12-13,15-16H,2,7-9H2,1H3/t12?,13-,15-,16+/m0/s1. The molecule has 0 N–H and O–H groups in total. The monoisotopic (exact) mass is 278 g/mol. The van der Waals surface area contributed by atoms with E-state index in [4.69, 9.17) is 0 Å². The minimum absolute atomic E-state index is 0.138. The number of ketones is 1. The van der Waals surface area contributed by atoms with Crippen LogP contribution in [-0.4, -0.2) is 16.3 Å². The maximum absolute atomic E-state index is 13.1. The summed E-state index contributed by atoms with van der Waals surface area (Å²) in [6, 6.07) is 6.77. The number of benzene rings is 1. The third-order valence-electron chi connectivity index (χ3n) is 4.51. The van der Waals surface area contributed by atoms with E-state index < -0.39 is 0 Å². The van der Waals surface area contributed by atoms with Gasteiger partial charge in [0, 0.05) is 22.8 Å². The van der Waals surface area contributed by atoms with Crippen molar-refractivity contribution in [2.75, 3.05) is 0 Å². The summed E-state index contributed by atoms with van der Waals surface area (Å²) in [5, 5.41) is 1.18. The highest BCUT2D eigenvalue weighted by Gasteiger charge is 2.45. The van der Waals surface area contributed by atoms with Gasteiger partial charge >= 0.3 is 0 Å². The molecule has 2 bridgehead atoms. The first kappa shape index (κ1) is 13.2. The van der Waals surface area contributed by atoms with Crippen LogP contribution < -0.4 is 0 Å². The lowest BCUT2D eigenvalue weighted by molar-refractivity contribution is -0.123. The quantitative estimate of drug-likeness (QED) is 0.825. The lowest BCUT2D eigenvalue weighted by Gasteiger charge is -2.35. The first-order valence-corrected chi connectivity index (χ1v) is 8.07. The Kier molecular flexibility index (Phi) is 3.66. The minimum Gasteiger partial charge on any atom is -0.299 e. The maximum Gasteiger partial charge on any atom is 0.137 e. The van der Waals surface area contributed by atoms with Crippen molar-refractivity contribution in [1.29, 1.82) is 0 Å². The third kappa shape index (κ3) is 2.45. The molecule has 102 valence electrons. The molecule has 0 amide bonds. The van der Waals surface area contributed by atoms with E-state index in [1.807, 2.05) is 30.8 Å². The molecule has 1 unspecified atom stereocenters. The van der Waals surface area contributed by atoms with Crippen LogP contribution in [0, 0.1) is 11.7 Å². The van der Waals surface area contributed by atoms with E-state index in [1.54, 1.807) is 0 Å². The average Bonchev–Trinajstić information content (AvgIpc) is 2.80. The van der Waals surface area contributed by atoms with Gasteiger partial charge in [-0.2, -0.15) is 11.8 Å². The molecular formula is C16H19FOS. The summed E-state index contributed by atoms with van der Waals surface area (Å²) >= 11 is 2.01. The van der Waals surface area contributed by atoms with Crippen LogP contribution >= 0.6 is 11.8 Å². The minimum atomic E-state index is -0.199. The Morgan fingerprint density at radius 3 is 2.74 bits per heavy atom. The van der Waals surface area contributed by atoms with Crippen LogP contribution in [0.15, 0.2) is 24.3 Å². The fraction of sp³-hybridized carbons (Fsp3) is 0.562. The summed E-state index contributed by atoms with van der Waals surface area (Å²) in [4.78, 5) is 12.3. The highest BCUT2D eigenvalue weighted by atomic mass is 32.2. The Morgan fingerprint density at radius 2 is 2.05 bits per heavy atom. The second kappa shape index (κ2) is 5.28. The van der Waals surface area contributed by atoms with Crippen LogP contribution in [0.4, 0.5) is 4.39 Å². The molecule has 2 aliphatic heterocycles. The molecule has 2 saturated heterocycles. The lowest BCUT2D eigenvalue weighted by Crippen LogP contribution is -2.34. The molecule has 1 aromatic rings. The van der Waals surface area contributed by atoms with E-state index in [2.05, 4.69) is 0 Å². The molecule has 4 atom stereocenters. The average molecular weight is 278 g/mol. The smallest absolute Gasteiger partial charge is 0.137 e. The zero-order chi connectivity index (χ0) is 13.4. The molecule has 0 aliphatic carbocycles. The predicted molar refractivity (Wildman–Crippen MR) is 76.9 cm³/mol. The Morgan fingerprint density at radius 1 is 1.32 bits per heavy atom. The van der Waals surface area contributed by atoms with Gasteiger partial charge in [-0.15, -0.1) is 0 Å². The Labute approximate surface area is 118 Å². The number of rotatable bonds is 3. The van der Waals surface area contributed by atoms with E-state index >= 15 is 0 Å². The van der Waals surface area contributed by atoms with Crippen LogP contribution in [-0.2, 0) is 4.79 Å². The third-order valence-corrected chi connectivity index (χ3v) is 6.20. The first-order chi connectivity index (χ1) is 9.19. The van der Waals surface area contributed by atoms with Crippen molar-refractivity contribution < 1.29 is 9.18 Å². The van der Waals surface area contributed by atoms with Crippen molar-refractivity contribution in [2.45, 2.75) is 49.0 Å². The molecule has 2 fully saturated rings. The van der Waals surface area contributed by atoms with Gasteiger partial charge in [0.2, 0.25) is 0 Å². The molecule has 2 aliphatic rings. The van der Waals surface area contributed by atoms with Crippen molar-refractivity contribution in [3.63, 3.8) is 0 Å². The Bertz CT molecular complexity index is 470. The first-order valence-electron chi connectivity index (χ1n) is 7.12. The predicted octanol–water partition coefficient (Wildman–Crippen LogP) is 4.17. The van der Waals surface area contributed by atoms with Gasteiger partial charge in [0.05, 0.1) is 0 Å². The summed E-state index contributed by atoms with van der Waals surface area (Å²) in [7, 11) is 0. The molecule has 1 nitrogen and oxygen atoms in total. The second-order valence-corrected chi connectivity index (χ2v) is 7.16. The summed E-state index contributed by atoms with van der Waals surface area (Å²) in [5.41, 5.74) is 1.14. The molecule has 2 heterocycles. The van der Waals surface area contributed by atoms with Crippen LogP contribution in [0.2, 0.25) is 0 Å². The SMILES string of the molecule is CCC(=O)[C@@H]1[C@@H]2CCC(C[C@H]1c1ccc(F)cc1)S2. The van der Waals surface area contributed by atoms with Crippen LogP contribution in [0.5, 0.6) is 0 Å². The van der Waals surface area contributed by atoms with Gasteiger partial charge < -0.3 is 0 Å². The Hall–Kier alpha value is -0.830. The summed E-state index contributed by atoms with van der Waals surface area (Å²) in [6.07, 6.45) is 4.09. The highest BCUT2D eigenvalue weighted by molar-refractivity contribution is 8.00. The number of fused-ring (bicyclic) bond motifs is 2. The highest BCUT2D eigenvalue weighted by Crippen LogP contribution is 2.53. The van der Waals surface area contributed by atoms with Gasteiger partial charge in [-0.3, -0.25) is 4.79 Å². The summed E-state index contributed by atoms with van der Waals surface area (Å²) in [5.74, 6) is 0.619. The molecule has 3 rings (SSSR count). The number of Topliss-reactive ketones (excluding diaryl/α,β-unsaturated/α-hetero) is 1. The molecule has 0 saturated carbocycles. The number of halogens is 1. The van der Waals surface area contributed by atoms with Gasteiger partial charge in [-0.05, 0) is 42.9 Å². The molecule has 0 radical (unpaired) electrons. The number of carbonyl (C=O) groups is 1. The molecule has 3 heteroatoms. The largest absolute Gasteiger partial charge is 0.299 e. The molecule has 0 aromatic heterocycles. The van der Waals surface area contributed by atoms with Crippen molar-refractivity contribution >= 4 is 17.5 Å². The van der Waals surface area contributed by atoms with Gasteiger partial charge in [-0.25, -0.2) is 4.39 Å². The van der Waals surface area contributed by atoms with E-state index in [1.165, 1.54) is 25.0 Å². The van der Waals surface area contributed by atoms with Crippen molar-refractivity contribution in [1.82, 2.24) is 0 Å². The van der Waals surface area contributed by atoms with Crippen molar-refractivity contribution in [2.24, 2.45) is 5.92 Å². The topological polar surface area (TPSA) is 17.1 Å². The summed E-state index contributed by atoms with van der Waals surface area (Å²) < 4.78 is 13.1. The lowest BCUT2D eigenvalue weighted by atomic mass is 9.78. The van der Waals surface area contributed by atoms with Crippen LogP contribution in [0.1, 0.15) is 44.1 Å². The van der Waals surface area contributed by atoms with E-state index in [9.17, 15) is 9.18 Å². The number of hydrogen-bond acceptors (Lipinski definition) is 2. The number of thioether (sulfide) groups is 1. The molecule has 1 aromatic carbocycles. The van der Waals surface area contributed by atoms with Gasteiger partial charge in [-0.1, -0.05) is 19.1 Å². The van der Waals surface area contributed by atoms with Crippen molar-refractivity contribution in [3.8, 4) is 0 Å². The molecule has 19 heavy (non-hydrogen) atoms. The summed E-state index contributed by atoms with van der Waals surface area (Å²) in [6.45, 7) is 1.95. The Balaban J connectivity index is 1.92. The van der Waals surface area contributed by atoms with E-state index in [0.717, 1.165) is 12.0 Å². The van der Waals surface area contributed by atoms with Gasteiger partial charge in [0.15, 0.2) is 0 Å². The molecule has 0 spiro atoms. The molecular weight excluding hydrogens is 259 g/mol. The van der Waals surface area contributed by atoms with Gasteiger partial charge in [0.25, 0.3) is 0 Å². The normalized spacial score (nSPS) is 33.4. The van der Waals surface area contributed by atoms with Gasteiger partial charge in [0.1, 0.15) is 11.6 Å². The van der Waals surface area contributed by atoms with E-state index in [-0.39, 0.29) is 11.7 Å². The van der Waals surface area contributed by atoms with Crippen molar-refractivity contribution in [3.05, 3.63) is 35.6 Å². The zero-order valence-electron chi connectivity index (χ0n) is 11.1. The zero-order valence-corrected chi connectivity index (χ0v) is 12.0. The fourth-order valence-corrected chi connectivity index (χ4v) is 5.45. The number of hydrogen-bond donors (Lipinski definition) is 0. The van der Waals surface area contributed by atoms with Crippen LogP contribution in [0.25, 0.3) is 0 Å². The van der Waals surface area contributed by atoms with E-state index in [0.29, 0.717) is 28.6 Å². The maximum atomic E-state index is 13.1. The fourth-order valence-electron chi connectivity index (χ4n) is 3.58. The number of carbonyl (C=O) groups excluding carboxylic acids is 1. The second-order valence-electron chi connectivity index (χ2n) is 5.61.